The number of nitrogens with one attached hydrogen (secondary N) is 1. The first-order valence-corrected chi connectivity index (χ1v) is 11.5. The van der Waals surface area contributed by atoms with Gasteiger partial charge in [0.15, 0.2) is 11.0 Å². The van der Waals surface area contributed by atoms with E-state index in [1.165, 1.54) is 23.1 Å². The van der Waals surface area contributed by atoms with Crippen LogP contribution in [0.1, 0.15) is 42.0 Å². The van der Waals surface area contributed by atoms with Gasteiger partial charge in [-0.15, -0.1) is 0 Å². The number of anilines is 1. The Balaban J connectivity index is 1.27. The van der Waals surface area contributed by atoms with Crippen LogP contribution in [-0.4, -0.2) is 16.8 Å². The molecule has 3 aromatic rings. The van der Waals surface area contributed by atoms with Gasteiger partial charge in [-0.2, -0.15) is 0 Å². The van der Waals surface area contributed by atoms with Crippen molar-refractivity contribution < 1.29 is 4.21 Å². The number of fused-ring (bicyclic) bond motifs is 1. The van der Waals surface area contributed by atoms with Gasteiger partial charge in [0.25, 0.3) is 0 Å². The average molecular weight is 403 g/mol. The summed E-state index contributed by atoms with van der Waals surface area (Å²) in [5, 5.41) is 3.78. The summed E-state index contributed by atoms with van der Waals surface area (Å²) in [6.45, 7) is 3.06. The standard InChI is InChI=1S/C25H26N2OS/c1-18(19-8-4-2-5-9-19)26-24-17-23(24)20-12-13-25-21(16-20)14-15-27(25)29(28)22-10-6-3-7-11-22/h2-13,16,18,23-24,26H,14-15,17H2,1H3. The maximum absolute atomic E-state index is 13.0. The van der Waals surface area contributed by atoms with Crippen LogP contribution in [0.5, 0.6) is 0 Å². The molecular weight excluding hydrogens is 376 g/mol. The third-order valence-corrected chi connectivity index (χ3v) is 7.54. The van der Waals surface area contributed by atoms with Crippen LogP contribution in [0.25, 0.3) is 0 Å². The molecule has 1 heterocycles. The van der Waals surface area contributed by atoms with Crippen LogP contribution >= 0.6 is 0 Å². The fourth-order valence-electron chi connectivity index (χ4n) is 4.37. The molecule has 1 aliphatic heterocycles. The van der Waals surface area contributed by atoms with Crippen molar-refractivity contribution in [2.75, 3.05) is 10.8 Å². The summed E-state index contributed by atoms with van der Waals surface area (Å²) in [7, 11) is -1.14. The molecule has 3 aromatic carbocycles. The number of nitrogens with zero attached hydrogens (tertiary/aromatic N) is 1. The van der Waals surface area contributed by atoms with Gasteiger partial charge in [0, 0.05) is 24.5 Å². The third-order valence-electron chi connectivity index (χ3n) is 6.08. The summed E-state index contributed by atoms with van der Waals surface area (Å²) in [4.78, 5) is 0.866. The maximum Gasteiger partial charge on any atom is 0.152 e. The molecule has 0 spiro atoms. The van der Waals surface area contributed by atoms with Gasteiger partial charge in [-0.3, -0.25) is 4.31 Å². The van der Waals surface area contributed by atoms with E-state index in [9.17, 15) is 4.21 Å². The Labute approximate surface area is 175 Å². The van der Waals surface area contributed by atoms with Crippen molar-refractivity contribution in [3.8, 4) is 0 Å². The van der Waals surface area contributed by atoms with Gasteiger partial charge >= 0.3 is 0 Å². The summed E-state index contributed by atoms with van der Waals surface area (Å²) in [5.74, 6) is 0.583. The van der Waals surface area contributed by atoms with Gasteiger partial charge in [0.2, 0.25) is 0 Å². The molecule has 29 heavy (non-hydrogen) atoms. The Bertz CT molecular complexity index is 1020. The van der Waals surface area contributed by atoms with Crippen molar-refractivity contribution in [2.45, 2.75) is 42.7 Å². The second-order valence-corrected chi connectivity index (χ2v) is 9.46. The van der Waals surface area contributed by atoms with E-state index in [1.54, 1.807) is 0 Å². The Morgan fingerprint density at radius 2 is 1.72 bits per heavy atom. The van der Waals surface area contributed by atoms with Crippen LogP contribution < -0.4 is 9.62 Å². The molecule has 1 saturated carbocycles. The predicted molar refractivity (Wildman–Crippen MR) is 119 cm³/mol. The lowest BCUT2D eigenvalue weighted by atomic mass is 10.0. The molecule has 2 aliphatic rings. The van der Waals surface area contributed by atoms with E-state index in [0.29, 0.717) is 18.0 Å². The van der Waals surface area contributed by atoms with E-state index >= 15 is 0 Å². The van der Waals surface area contributed by atoms with Crippen molar-refractivity contribution in [2.24, 2.45) is 0 Å². The highest BCUT2D eigenvalue weighted by Gasteiger charge is 2.39. The zero-order valence-corrected chi connectivity index (χ0v) is 17.4. The summed E-state index contributed by atoms with van der Waals surface area (Å²) in [6, 6.07) is 28.0. The monoisotopic (exact) mass is 402 g/mol. The van der Waals surface area contributed by atoms with E-state index < -0.39 is 11.0 Å². The normalized spacial score (nSPS) is 22.2. The molecule has 1 N–H and O–H groups in total. The smallest absolute Gasteiger partial charge is 0.152 e. The predicted octanol–water partition coefficient (Wildman–Crippen LogP) is 4.98. The molecule has 0 saturated heterocycles. The quantitative estimate of drug-likeness (QED) is 0.631. The molecule has 3 nitrogen and oxygen atoms in total. The lowest BCUT2D eigenvalue weighted by molar-refractivity contribution is 0.563. The molecule has 4 unspecified atom stereocenters. The maximum atomic E-state index is 13.0. The Morgan fingerprint density at radius 1 is 1.00 bits per heavy atom. The summed E-state index contributed by atoms with van der Waals surface area (Å²) in [5.41, 5.74) is 5.20. The second-order valence-electron chi connectivity index (χ2n) is 8.05. The van der Waals surface area contributed by atoms with Gasteiger partial charge < -0.3 is 5.32 Å². The molecule has 5 rings (SSSR count). The minimum atomic E-state index is -1.14. The lowest BCUT2D eigenvalue weighted by Gasteiger charge is -2.18. The second kappa shape index (κ2) is 7.77. The first kappa shape index (κ1) is 18.6. The van der Waals surface area contributed by atoms with Crippen molar-refractivity contribution in [3.05, 3.63) is 95.6 Å². The van der Waals surface area contributed by atoms with Gasteiger partial charge in [-0.25, -0.2) is 4.21 Å². The van der Waals surface area contributed by atoms with Crippen LogP contribution in [0.4, 0.5) is 5.69 Å². The highest BCUT2D eigenvalue weighted by Crippen LogP contribution is 2.44. The van der Waals surface area contributed by atoms with E-state index in [2.05, 4.69) is 60.8 Å². The number of rotatable bonds is 6. The largest absolute Gasteiger partial charge is 0.307 e. The topological polar surface area (TPSA) is 32.3 Å². The molecule has 148 valence electrons. The zero-order chi connectivity index (χ0) is 19.8. The SMILES string of the molecule is CC(NC1CC1c1ccc2c(c1)CCN2S(=O)c1ccccc1)c1ccccc1. The Kier molecular flexibility index (Phi) is 4.98. The molecule has 1 fully saturated rings. The minimum absolute atomic E-state index is 0.365. The van der Waals surface area contributed by atoms with Gasteiger partial charge in [0.05, 0.1) is 10.6 Å². The Morgan fingerprint density at radius 3 is 2.48 bits per heavy atom. The van der Waals surface area contributed by atoms with E-state index in [-0.39, 0.29) is 0 Å². The molecule has 0 amide bonds. The molecule has 4 atom stereocenters. The molecule has 0 radical (unpaired) electrons. The first-order chi connectivity index (χ1) is 14.2. The summed E-state index contributed by atoms with van der Waals surface area (Å²) >= 11 is 0. The van der Waals surface area contributed by atoms with Crippen LogP contribution in [-0.2, 0) is 17.4 Å². The average Bonchev–Trinajstić information content (AvgIpc) is 3.41. The molecular formula is C25H26N2OS. The van der Waals surface area contributed by atoms with Gasteiger partial charge in [0.1, 0.15) is 0 Å². The van der Waals surface area contributed by atoms with Gasteiger partial charge in [-0.1, -0.05) is 60.7 Å². The van der Waals surface area contributed by atoms with E-state index in [1.807, 2.05) is 34.6 Å². The molecule has 1 aliphatic carbocycles. The summed E-state index contributed by atoms with van der Waals surface area (Å²) < 4.78 is 15.0. The first-order valence-electron chi connectivity index (χ1n) is 10.4. The molecule has 4 heteroatoms. The highest BCUT2D eigenvalue weighted by molar-refractivity contribution is 7.86. The zero-order valence-electron chi connectivity index (χ0n) is 16.6. The van der Waals surface area contributed by atoms with Gasteiger partial charge in [-0.05, 0) is 54.7 Å². The molecule has 0 aromatic heterocycles. The van der Waals surface area contributed by atoms with Crippen molar-refractivity contribution >= 4 is 16.7 Å². The summed E-state index contributed by atoms with van der Waals surface area (Å²) in [6.07, 6.45) is 2.16. The molecule has 0 bridgehead atoms. The van der Waals surface area contributed by atoms with E-state index in [4.69, 9.17) is 0 Å². The highest BCUT2D eigenvalue weighted by atomic mass is 32.2. The fraction of sp³-hybridized carbons (Fsp3) is 0.280. The number of hydrogen-bond acceptors (Lipinski definition) is 2. The number of benzene rings is 3. The van der Waals surface area contributed by atoms with Crippen molar-refractivity contribution in [1.82, 2.24) is 5.32 Å². The van der Waals surface area contributed by atoms with Crippen molar-refractivity contribution in [1.29, 1.82) is 0 Å². The number of hydrogen-bond donors (Lipinski definition) is 1. The van der Waals surface area contributed by atoms with Crippen LogP contribution in [0.3, 0.4) is 0 Å². The van der Waals surface area contributed by atoms with Crippen LogP contribution in [0.2, 0.25) is 0 Å². The van der Waals surface area contributed by atoms with E-state index in [0.717, 1.165) is 23.5 Å². The van der Waals surface area contributed by atoms with Crippen molar-refractivity contribution in [3.63, 3.8) is 0 Å². The lowest BCUT2D eigenvalue weighted by Crippen LogP contribution is -2.23. The third kappa shape index (κ3) is 3.75. The fourth-order valence-corrected chi connectivity index (χ4v) is 5.62. The Hall–Kier alpha value is -2.43. The van der Waals surface area contributed by atoms with Crippen LogP contribution in [0, 0.1) is 0 Å². The minimum Gasteiger partial charge on any atom is -0.307 e. The van der Waals surface area contributed by atoms with Crippen LogP contribution in [0.15, 0.2) is 83.8 Å².